The van der Waals surface area contributed by atoms with Crippen molar-refractivity contribution in [2.75, 3.05) is 25.5 Å². The van der Waals surface area contributed by atoms with Crippen molar-refractivity contribution in [1.29, 1.82) is 0 Å². The summed E-state index contributed by atoms with van der Waals surface area (Å²) < 4.78 is 5.28. The Morgan fingerprint density at radius 1 is 1.30 bits per heavy atom. The number of carbonyl (C=O) groups is 2. The number of rotatable bonds is 4. The molecule has 5 nitrogen and oxygen atoms in total. The van der Waals surface area contributed by atoms with Gasteiger partial charge < -0.3 is 10.1 Å². The fraction of sp³-hybridized carbons (Fsp3) is 0.857. The van der Waals surface area contributed by atoms with Crippen molar-refractivity contribution >= 4 is 23.7 Å². The van der Waals surface area contributed by atoms with Crippen molar-refractivity contribution in [3.05, 3.63) is 0 Å². The van der Waals surface area contributed by atoms with Crippen LogP contribution in [0.25, 0.3) is 0 Å². The molecule has 112 valence electrons. The molecule has 6 heteroatoms. The van der Waals surface area contributed by atoms with Gasteiger partial charge in [-0.25, -0.2) is 4.79 Å². The van der Waals surface area contributed by atoms with Gasteiger partial charge in [-0.2, -0.15) is 11.8 Å². The molecule has 0 bridgehead atoms. The van der Waals surface area contributed by atoms with E-state index < -0.39 is 5.54 Å². The minimum Gasteiger partial charge on any atom is -0.378 e. The van der Waals surface area contributed by atoms with Crippen LogP contribution in [-0.4, -0.2) is 53.1 Å². The van der Waals surface area contributed by atoms with Crippen molar-refractivity contribution in [3.8, 4) is 0 Å². The summed E-state index contributed by atoms with van der Waals surface area (Å²) in [5, 5.41) is 3.54. The van der Waals surface area contributed by atoms with Crippen LogP contribution in [0.4, 0.5) is 4.79 Å². The molecule has 0 aromatic carbocycles. The number of nitrogens with zero attached hydrogens (tertiary/aromatic N) is 1. The molecule has 2 heterocycles. The van der Waals surface area contributed by atoms with E-state index in [1.807, 2.05) is 11.8 Å². The maximum atomic E-state index is 12.4. The van der Waals surface area contributed by atoms with E-state index in [9.17, 15) is 9.59 Å². The first-order valence-electron chi connectivity index (χ1n) is 7.55. The minimum absolute atomic E-state index is 0.0933. The number of amides is 3. The summed E-state index contributed by atoms with van der Waals surface area (Å²) in [6.45, 7) is 1.40. The second kappa shape index (κ2) is 5.93. The van der Waals surface area contributed by atoms with E-state index in [1.165, 1.54) is 37.0 Å². The molecule has 2 aliphatic heterocycles. The van der Waals surface area contributed by atoms with Gasteiger partial charge in [-0.1, -0.05) is 19.3 Å². The van der Waals surface area contributed by atoms with Crippen LogP contribution in [0.2, 0.25) is 0 Å². The molecule has 3 rings (SSSR count). The number of hydrogen-bond acceptors (Lipinski definition) is 4. The Kier molecular flexibility index (Phi) is 4.21. The third-order valence-corrected chi connectivity index (χ3v) is 5.85. The lowest BCUT2D eigenvalue weighted by Crippen LogP contribution is -2.47. The van der Waals surface area contributed by atoms with E-state index in [4.69, 9.17) is 4.74 Å². The van der Waals surface area contributed by atoms with Gasteiger partial charge in [0, 0.05) is 30.6 Å². The third kappa shape index (κ3) is 2.68. The summed E-state index contributed by atoms with van der Waals surface area (Å²) in [5.41, 5.74) is -0.757. The van der Waals surface area contributed by atoms with Gasteiger partial charge in [-0.05, 0) is 12.8 Å². The summed E-state index contributed by atoms with van der Waals surface area (Å²) in [6, 6.07) is -0.246. The molecule has 0 radical (unpaired) electrons. The second-order valence-corrected chi connectivity index (χ2v) is 7.31. The van der Waals surface area contributed by atoms with E-state index in [0.717, 1.165) is 5.75 Å². The number of ether oxygens (including phenoxy) is 1. The molecule has 20 heavy (non-hydrogen) atoms. The average molecular weight is 298 g/mol. The van der Waals surface area contributed by atoms with Gasteiger partial charge in [-0.3, -0.25) is 9.69 Å². The SMILES string of the molecule is O=C1N[C@]2(CCOC2)C(=O)N1CCSC1CCCCC1. The maximum absolute atomic E-state index is 12.4. The highest BCUT2D eigenvalue weighted by molar-refractivity contribution is 7.99. The summed E-state index contributed by atoms with van der Waals surface area (Å²) in [6.07, 6.45) is 7.16. The Morgan fingerprint density at radius 2 is 2.10 bits per heavy atom. The van der Waals surface area contributed by atoms with Gasteiger partial charge >= 0.3 is 6.03 Å². The normalized spacial score (nSPS) is 31.3. The number of hydrogen-bond donors (Lipinski definition) is 1. The Balaban J connectivity index is 1.49. The van der Waals surface area contributed by atoms with Crippen LogP contribution in [0.3, 0.4) is 0 Å². The average Bonchev–Trinajstić information content (AvgIpc) is 3.01. The summed E-state index contributed by atoms with van der Waals surface area (Å²) in [7, 11) is 0. The monoisotopic (exact) mass is 298 g/mol. The van der Waals surface area contributed by atoms with E-state index in [1.54, 1.807) is 0 Å². The van der Waals surface area contributed by atoms with Crippen molar-refractivity contribution in [2.45, 2.75) is 49.3 Å². The number of carbonyl (C=O) groups excluding carboxylic acids is 2. The fourth-order valence-corrected chi connectivity index (χ4v) is 4.54. The third-order valence-electron chi connectivity index (χ3n) is 4.49. The minimum atomic E-state index is -0.757. The molecule has 1 atom stereocenters. The molecule has 1 saturated carbocycles. The highest BCUT2D eigenvalue weighted by atomic mass is 32.2. The van der Waals surface area contributed by atoms with Gasteiger partial charge in [-0.15, -0.1) is 0 Å². The topological polar surface area (TPSA) is 58.6 Å². The predicted molar refractivity (Wildman–Crippen MR) is 77.7 cm³/mol. The second-order valence-electron chi connectivity index (χ2n) is 5.90. The van der Waals surface area contributed by atoms with Crippen LogP contribution in [0, 0.1) is 0 Å². The highest BCUT2D eigenvalue weighted by Crippen LogP contribution is 2.30. The summed E-state index contributed by atoms with van der Waals surface area (Å²) >= 11 is 1.91. The molecule has 3 amide bonds. The molecule has 0 aromatic rings. The molecule has 0 unspecified atom stereocenters. The maximum Gasteiger partial charge on any atom is 0.325 e. The Bertz CT molecular complexity index is 390. The van der Waals surface area contributed by atoms with Crippen LogP contribution < -0.4 is 5.32 Å². The number of imide groups is 1. The lowest BCUT2D eigenvalue weighted by atomic mass is 9.99. The van der Waals surface area contributed by atoms with Crippen molar-refractivity contribution in [1.82, 2.24) is 10.2 Å². The zero-order chi connectivity index (χ0) is 14.0. The van der Waals surface area contributed by atoms with Crippen LogP contribution in [0.15, 0.2) is 0 Å². The molecular weight excluding hydrogens is 276 g/mol. The molecule has 3 fully saturated rings. The molecule has 2 saturated heterocycles. The van der Waals surface area contributed by atoms with E-state index in [2.05, 4.69) is 5.32 Å². The first kappa shape index (κ1) is 14.2. The summed E-state index contributed by atoms with van der Waals surface area (Å²) in [5.74, 6) is 0.755. The van der Waals surface area contributed by atoms with E-state index >= 15 is 0 Å². The zero-order valence-corrected chi connectivity index (χ0v) is 12.5. The molecule has 1 spiro atoms. The number of thioether (sulfide) groups is 1. The molecule has 1 N–H and O–H groups in total. The predicted octanol–water partition coefficient (Wildman–Crippen LogP) is 1.76. The zero-order valence-electron chi connectivity index (χ0n) is 11.7. The van der Waals surface area contributed by atoms with Gasteiger partial charge in [0.25, 0.3) is 5.91 Å². The van der Waals surface area contributed by atoms with Crippen molar-refractivity contribution < 1.29 is 14.3 Å². The lowest BCUT2D eigenvalue weighted by molar-refractivity contribution is -0.131. The molecule has 0 aromatic heterocycles. The first-order chi connectivity index (χ1) is 9.71. The van der Waals surface area contributed by atoms with Crippen LogP contribution >= 0.6 is 11.8 Å². The van der Waals surface area contributed by atoms with Gasteiger partial charge in [0.1, 0.15) is 5.54 Å². The highest BCUT2D eigenvalue weighted by Gasteiger charge is 2.53. The number of nitrogens with one attached hydrogen (secondary N) is 1. The standard InChI is InChI=1S/C14H22N2O3S/c17-12-14(6-8-19-10-14)15-13(18)16(12)7-9-20-11-4-2-1-3-5-11/h11H,1-10H2,(H,15,18)/t14-/m0/s1. The van der Waals surface area contributed by atoms with E-state index in [-0.39, 0.29) is 11.9 Å². The molecule has 1 aliphatic carbocycles. The van der Waals surface area contributed by atoms with Gasteiger partial charge in [0.15, 0.2) is 0 Å². The number of urea groups is 1. The van der Waals surface area contributed by atoms with Crippen LogP contribution in [0.1, 0.15) is 38.5 Å². The smallest absolute Gasteiger partial charge is 0.325 e. The van der Waals surface area contributed by atoms with Gasteiger partial charge in [0.05, 0.1) is 6.61 Å². The Labute approximate surface area is 123 Å². The van der Waals surface area contributed by atoms with Crippen molar-refractivity contribution in [3.63, 3.8) is 0 Å². The molecular formula is C14H22N2O3S. The van der Waals surface area contributed by atoms with Crippen molar-refractivity contribution in [2.24, 2.45) is 0 Å². The summed E-state index contributed by atoms with van der Waals surface area (Å²) in [4.78, 5) is 25.7. The Hall–Kier alpha value is -0.750. The quantitative estimate of drug-likeness (QED) is 0.804. The van der Waals surface area contributed by atoms with Crippen LogP contribution in [0.5, 0.6) is 0 Å². The first-order valence-corrected chi connectivity index (χ1v) is 8.60. The Morgan fingerprint density at radius 3 is 2.80 bits per heavy atom. The van der Waals surface area contributed by atoms with Crippen LogP contribution in [-0.2, 0) is 9.53 Å². The lowest BCUT2D eigenvalue weighted by Gasteiger charge is -2.22. The molecule has 3 aliphatic rings. The van der Waals surface area contributed by atoms with Gasteiger partial charge in [0.2, 0.25) is 0 Å². The van der Waals surface area contributed by atoms with E-state index in [0.29, 0.717) is 31.4 Å². The largest absolute Gasteiger partial charge is 0.378 e. The fourth-order valence-electron chi connectivity index (χ4n) is 3.25.